The van der Waals surface area contributed by atoms with E-state index < -0.39 is 0 Å². The third-order valence-electron chi connectivity index (χ3n) is 2.29. The van der Waals surface area contributed by atoms with Crippen LogP contribution in [0.4, 0.5) is 0 Å². The van der Waals surface area contributed by atoms with Gasteiger partial charge < -0.3 is 4.52 Å². The van der Waals surface area contributed by atoms with Crippen molar-refractivity contribution in [2.24, 2.45) is 0 Å². The second-order valence-corrected chi connectivity index (χ2v) is 5.59. The van der Waals surface area contributed by atoms with Crippen LogP contribution in [0.25, 0.3) is 11.5 Å². The molecule has 0 unspecified atom stereocenters. The molecule has 0 atom stereocenters. The first-order valence-electron chi connectivity index (χ1n) is 5.35. The van der Waals surface area contributed by atoms with Gasteiger partial charge in [0.1, 0.15) is 0 Å². The number of hydrogen-bond donors (Lipinski definition) is 0. The molecule has 0 aromatic carbocycles. The van der Waals surface area contributed by atoms with Crippen LogP contribution in [0.3, 0.4) is 0 Å². The second kappa shape index (κ2) is 4.49. The Hall–Kier alpha value is -1.36. The molecule has 17 heavy (non-hydrogen) atoms. The highest BCUT2D eigenvalue weighted by molar-refractivity contribution is 7.98. The molecule has 0 saturated carbocycles. The zero-order chi connectivity index (χ0) is 12.5. The van der Waals surface area contributed by atoms with Crippen molar-refractivity contribution in [1.82, 2.24) is 15.1 Å². The Morgan fingerprint density at radius 1 is 1.24 bits per heavy atom. The molecule has 90 valence electrons. The zero-order valence-electron chi connectivity index (χ0n) is 10.4. The van der Waals surface area contributed by atoms with E-state index in [0.717, 1.165) is 10.6 Å². The summed E-state index contributed by atoms with van der Waals surface area (Å²) in [4.78, 5) is 8.66. The van der Waals surface area contributed by atoms with Crippen molar-refractivity contribution in [3.63, 3.8) is 0 Å². The van der Waals surface area contributed by atoms with Gasteiger partial charge in [-0.05, 0) is 18.4 Å². The molecular formula is C12H15N3OS. The Kier molecular flexibility index (Phi) is 3.19. The summed E-state index contributed by atoms with van der Waals surface area (Å²) < 4.78 is 5.24. The smallest absolute Gasteiger partial charge is 0.259 e. The summed E-state index contributed by atoms with van der Waals surface area (Å²) in [5.74, 6) is 1.23. The van der Waals surface area contributed by atoms with Gasteiger partial charge in [0.05, 0.1) is 10.6 Å². The largest absolute Gasteiger partial charge is 0.334 e. The molecule has 2 heterocycles. The normalized spacial score (nSPS) is 11.8. The SMILES string of the molecule is CSc1ccc(-c2nc(C(C)(C)C)no2)cn1. The van der Waals surface area contributed by atoms with E-state index in [-0.39, 0.29) is 5.41 Å². The van der Waals surface area contributed by atoms with E-state index in [1.54, 1.807) is 18.0 Å². The number of rotatable bonds is 2. The summed E-state index contributed by atoms with van der Waals surface area (Å²) in [5, 5.41) is 4.96. The van der Waals surface area contributed by atoms with Gasteiger partial charge in [0, 0.05) is 11.6 Å². The van der Waals surface area contributed by atoms with E-state index in [0.29, 0.717) is 11.7 Å². The molecule has 0 fully saturated rings. The van der Waals surface area contributed by atoms with Gasteiger partial charge in [-0.3, -0.25) is 0 Å². The number of pyridine rings is 1. The molecule has 2 aromatic rings. The molecule has 0 amide bonds. The van der Waals surface area contributed by atoms with Crippen LogP contribution < -0.4 is 0 Å². The van der Waals surface area contributed by atoms with Crippen LogP contribution in [-0.2, 0) is 5.41 Å². The highest BCUT2D eigenvalue weighted by Gasteiger charge is 2.21. The van der Waals surface area contributed by atoms with E-state index in [9.17, 15) is 0 Å². The molecule has 0 aliphatic rings. The first kappa shape index (κ1) is 12.1. The predicted molar refractivity (Wildman–Crippen MR) is 68.0 cm³/mol. The van der Waals surface area contributed by atoms with Crippen LogP contribution >= 0.6 is 11.8 Å². The lowest BCUT2D eigenvalue weighted by atomic mass is 9.96. The molecule has 0 spiro atoms. The van der Waals surface area contributed by atoms with Crippen LogP contribution in [0, 0.1) is 0 Å². The summed E-state index contributed by atoms with van der Waals surface area (Å²) >= 11 is 1.60. The number of thioether (sulfide) groups is 1. The van der Waals surface area contributed by atoms with Crippen LogP contribution in [0.5, 0.6) is 0 Å². The molecule has 0 saturated heterocycles. The van der Waals surface area contributed by atoms with E-state index in [4.69, 9.17) is 4.52 Å². The lowest BCUT2D eigenvalue weighted by Crippen LogP contribution is -2.13. The molecule has 0 N–H and O–H groups in total. The van der Waals surface area contributed by atoms with Gasteiger partial charge in [-0.2, -0.15) is 4.98 Å². The minimum absolute atomic E-state index is 0.103. The predicted octanol–water partition coefficient (Wildman–Crippen LogP) is 3.15. The highest BCUT2D eigenvalue weighted by atomic mass is 32.2. The van der Waals surface area contributed by atoms with Crippen LogP contribution in [0.1, 0.15) is 26.6 Å². The Morgan fingerprint density at radius 3 is 2.47 bits per heavy atom. The third kappa shape index (κ3) is 2.66. The van der Waals surface area contributed by atoms with Crippen molar-refractivity contribution in [3.8, 4) is 11.5 Å². The molecular weight excluding hydrogens is 234 g/mol. The molecule has 0 aliphatic carbocycles. The van der Waals surface area contributed by atoms with Crippen LogP contribution in [0.15, 0.2) is 27.9 Å². The monoisotopic (exact) mass is 249 g/mol. The van der Waals surface area contributed by atoms with Gasteiger partial charge in [-0.25, -0.2) is 4.98 Å². The van der Waals surface area contributed by atoms with E-state index in [1.807, 2.05) is 18.4 Å². The number of nitrogens with zero attached hydrogens (tertiary/aromatic N) is 3. The lowest BCUT2D eigenvalue weighted by molar-refractivity contribution is 0.402. The van der Waals surface area contributed by atoms with Gasteiger partial charge in [0.15, 0.2) is 5.82 Å². The Labute approximate surface area is 105 Å². The maximum Gasteiger partial charge on any atom is 0.259 e. The Bertz CT molecular complexity index is 499. The molecule has 2 rings (SSSR count). The lowest BCUT2D eigenvalue weighted by Gasteiger charge is -2.10. The number of aromatic nitrogens is 3. The average Bonchev–Trinajstić information content (AvgIpc) is 2.78. The fraction of sp³-hybridized carbons (Fsp3) is 0.417. The van der Waals surface area contributed by atoms with Gasteiger partial charge in [-0.1, -0.05) is 25.9 Å². The fourth-order valence-electron chi connectivity index (χ4n) is 1.27. The zero-order valence-corrected chi connectivity index (χ0v) is 11.2. The van der Waals surface area contributed by atoms with Crippen LogP contribution in [0.2, 0.25) is 0 Å². The molecule has 2 aromatic heterocycles. The highest BCUT2D eigenvalue weighted by Crippen LogP contribution is 2.24. The molecule has 5 heteroatoms. The van der Waals surface area contributed by atoms with Crippen LogP contribution in [-0.4, -0.2) is 21.4 Å². The third-order valence-corrected chi connectivity index (χ3v) is 2.95. The second-order valence-electron chi connectivity index (χ2n) is 4.76. The molecule has 0 bridgehead atoms. The minimum Gasteiger partial charge on any atom is -0.334 e. The molecule has 4 nitrogen and oxygen atoms in total. The molecule has 0 aliphatic heterocycles. The van der Waals surface area contributed by atoms with Crippen molar-refractivity contribution >= 4 is 11.8 Å². The van der Waals surface area contributed by atoms with E-state index in [1.165, 1.54) is 0 Å². The standard InChI is InChI=1S/C12H15N3OS/c1-12(2,3)11-14-10(16-15-11)8-5-6-9(17-4)13-7-8/h5-7H,1-4H3. The Balaban J connectivity index is 2.30. The first-order valence-corrected chi connectivity index (χ1v) is 6.58. The fourth-order valence-corrected chi connectivity index (χ4v) is 1.64. The van der Waals surface area contributed by atoms with Gasteiger partial charge in [0.25, 0.3) is 5.89 Å². The van der Waals surface area contributed by atoms with Crippen molar-refractivity contribution in [2.45, 2.75) is 31.2 Å². The van der Waals surface area contributed by atoms with E-state index >= 15 is 0 Å². The molecule has 0 radical (unpaired) electrons. The maximum absolute atomic E-state index is 5.24. The quantitative estimate of drug-likeness (QED) is 0.765. The van der Waals surface area contributed by atoms with Crippen molar-refractivity contribution in [1.29, 1.82) is 0 Å². The van der Waals surface area contributed by atoms with Gasteiger partial charge >= 0.3 is 0 Å². The summed E-state index contributed by atoms with van der Waals surface area (Å²) in [7, 11) is 0. The summed E-state index contributed by atoms with van der Waals surface area (Å²) in [5.41, 5.74) is 0.750. The summed E-state index contributed by atoms with van der Waals surface area (Å²) in [6.45, 7) is 6.16. The number of hydrogen-bond acceptors (Lipinski definition) is 5. The average molecular weight is 249 g/mol. The topological polar surface area (TPSA) is 51.8 Å². The van der Waals surface area contributed by atoms with Crippen molar-refractivity contribution < 1.29 is 4.52 Å². The van der Waals surface area contributed by atoms with E-state index in [2.05, 4.69) is 35.9 Å². The van der Waals surface area contributed by atoms with Gasteiger partial charge in [-0.15, -0.1) is 11.8 Å². The Morgan fingerprint density at radius 2 is 2.00 bits per heavy atom. The minimum atomic E-state index is -0.103. The maximum atomic E-state index is 5.24. The summed E-state index contributed by atoms with van der Waals surface area (Å²) in [6, 6.07) is 3.89. The summed E-state index contributed by atoms with van der Waals surface area (Å²) in [6.07, 6.45) is 3.75. The van der Waals surface area contributed by atoms with Crippen molar-refractivity contribution in [2.75, 3.05) is 6.26 Å². The first-order chi connectivity index (χ1) is 8.00. The van der Waals surface area contributed by atoms with Crippen molar-refractivity contribution in [3.05, 3.63) is 24.2 Å². The van der Waals surface area contributed by atoms with Gasteiger partial charge in [0.2, 0.25) is 0 Å².